The number of rotatable bonds is 2. The number of imide groups is 1. The average molecular weight is 308 g/mol. The molecule has 1 aromatic heterocycles. The molecule has 1 aromatic rings. The molecule has 3 rings (SSSR count). The Morgan fingerprint density at radius 2 is 2.14 bits per heavy atom. The molecule has 0 saturated carbocycles. The third-order valence-electron chi connectivity index (χ3n) is 3.50. The number of fused-ring (bicyclic) bond motifs is 1. The Kier molecular flexibility index (Phi) is 2.98. The summed E-state index contributed by atoms with van der Waals surface area (Å²) in [6, 6.07) is 1.59. The number of Topliss-reactive ketones (excluding diaryl/α,β-unsaturated/α-hetero) is 1. The minimum Gasteiger partial charge on any atom is -0.461 e. The van der Waals surface area contributed by atoms with Crippen molar-refractivity contribution in [3.8, 4) is 0 Å². The number of nitrogens with two attached hydrogens (primary N) is 1. The number of allylic oxidation sites excluding steroid dienone is 3. The maximum atomic E-state index is 13.5. The second kappa shape index (κ2) is 4.62. The number of carbonyl (C=O) groups excluding carboxylic acids is 3. The van der Waals surface area contributed by atoms with Gasteiger partial charge in [0.2, 0.25) is 5.78 Å². The van der Waals surface area contributed by atoms with Gasteiger partial charge in [-0.3, -0.25) is 9.59 Å². The summed E-state index contributed by atoms with van der Waals surface area (Å²) in [7, 11) is 0. The summed E-state index contributed by atoms with van der Waals surface area (Å²) < 4.78 is 31.9. The molecule has 6 nitrogen and oxygen atoms in total. The highest BCUT2D eigenvalue weighted by molar-refractivity contribution is 6.18. The van der Waals surface area contributed by atoms with Gasteiger partial charge < -0.3 is 10.2 Å². The lowest BCUT2D eigenvalue weighted by Gasteiger charge is -2.20. The van der Waals surface area contributed by atoms with Gasteiger partial charge in [0.15, 0.2) is 5.76 Å². The first-order valence-corrected chi connectivity index (χ1v) is 6.34. The zero-order chi connectivity index (χ0) is 16.1. The number of primary amides is 1. The van der Waals surface area contributed by atoms with E-state index in [1.165, 1.54) is 18.4 Å². The van der Waals surface area contributed by atoms with E-state index in [0.29, 0.717) is 11.0 Å². The van der Waals surface area contributed by atoms with Crippen LogP contribution in [0.25, 0.3) is 0 Å². The van der Waals surface area contributed by atoms with Gasteiger partial charge in [-0.05, 0) is 17.7 Å². The van der Waals surface area contributed by atoms with Crippen molar-refractivity contribution in [2.24, 2.45) is 11.7 Å². The molecule has 1 unspecified atom stereocenters. The number of urea groups is 1. The Bertz CT molecular complexity index is 734. The van der Waals surface area contributed by atoms with Crippen molar-refractivity contribution in [1.82, 2.24) is 4.90 Å². The summed E-state index contributed by atoms with van der Waals surface area (Å²) in [4.78, 5) is 36.5. The Hall–Kier alpha value is -2.77. The molecular formula is C14H10F2N2O4. The van der Waals surface area contributed by atoms with Crippen LogP contribution in [-0.2, 0) is 4.79 Å². The zero-order valence-corrected chi connectivity index (χ0v) is 11.1. The van der Waals surface area contributed by atoms with Gasteiger partial charge in [-0.15, -0.1) is 0 Å². The van der Waals surface area contributed by atoms with Crippen molar-refractivity contribution in [1.29, 1.82) is 0 Å². The van der Waals surface area contributed by atoms with Crippen molar-refractivity contribution in [3.05, 3.63) is 47.6 Å². The number of carbonyl (C=O) groups is 3. The van der Waals surface area contributed by atoms with Gasteiger partial charge in [0, 0.05) is 12.5 Å². The quantitative estimate of drug-likeness (QED) is 0.666. The minimum atomic E-state index is -3.21. The summed E-state index contributed by atoms with van der Waals surface area (Å²) in [5, 5.41) is 0. The van der Waals surface area contributed by atoms with E-state index in [9.17, 15) is 23.2 Å². The number of nitrogens with zero attached hydrogens (tertiary/aromatic N) is 1. The number of ketones is 1. The van der Waals surface area contributed by atoms with E-state index in [1.807, 2.05) is 0 Å². The van der Waals surface area contributed by atoms with Gasteiger partial charge in [-0.1, -0.05) is 6.08 Å². The highest BCUT2D eigenvalue weighted by atomic mass is 19.3. The van der Waals surface area contributed by atoms with Gasteiger partial charge in [0.25, 0.3) is 11.8 Å². The molecule has 2 N–H and O–H groups in total. The van der Waals surface area contributed by atoms with E-state index >= 15 is 0 Å². The van der Waals surface area contributed by atoms with E-state index < -0.39 is 36.0 Å². The second-order valence-electron chi connectivity index (χ2n) is 4.94. The fourth-order valence-electron chi connectivity index (χ4n) is 2.57. The van der Waals surface area contributed by atoms with Crippen molar-refractivity contribution in [2.75, 3.05) is 0 Å². The van der Waals surface area contributed by atoms with Crippen LogP contribution in [0.4, 0.5) is 13.6 Å². The molecule has 1 fully saturated rings. The Morgan fingerprint density at radius 1 is 1.41 bits per heavy atom. The number of amides is 3. The van der Waals surface area contributed by atoms with Crippen LogP contribution in [-0.4, -0.2) is 28.5 Å². The summed E-state index contributed by atoms with van der Waals surface area (Å²) >= 11 is 0. The number of hydrogen-bond acceptors (Lipinski definition) is 4. The summed E-state index contributed by atoms with van der Waals surface area (Å²) in [5.74, 6) is -6.37. The molecule has 114 valence electrons. The van der Waals surface area contributed by atoms with Gasteiger partial charge in [0.05, 0.1) is 12.0 Å². The Balaban J connectivity index is 2.08. The molecule has 22 heavy (non-hydrogen) atoms. The predicted octanol–water partition coefficient (Wildman–Crippen LogP) is 1.85. The Morgan fingerprint density at radius 3 is 2.73 bits per heavy atom. The summed E-state index contributed by atoms with van der Waals surface area (Å²) in [6.45, 7) is 0. The highest BCUT2D eigenvalue weighted by Gasteiger charge is 2.50. The standard InChI is InChI=1S/C14H10F2N2O4/c15-14(16)4-3-7-8(6-14)18(13(17)21)12(20)10(7)11(19)9-2-1-5-22-9/h1-3,5-6,10H,4H2,(H2,17,21). The molecule has 3 amide bonds. The van der Waals surface area contributed by atoms with Crippen LogP contribution >= 0.6 is 0 Å². The van der Waals surface area contributed by atoms with Crippen LogP contribution in [0.2, 0.25) is 0 Å². The van der Waals surface area contributed by atoms with E-state index in [2.05, 4.69) is 0 Å². The lowest BCUT2D eigenvalue weighted by molar-refractivity contribution is -0.126. The molecule has 1 aliphatic carbocycles. The third-order valence-corrected chi connectivity index (χ3v) is 3.50. The molecule has 2 heterocycles. The molecule has 8 heteroatoms. The maximum absolute atomic E-state index is 13.5. The van der Waals surface area contributed by atoms with Crippen LogP contribution in [0.1, 0.15) is 17.0 Å². The highest BCUT2D eigenvalue weighted by Crippen LogP contribution is 2.42. The minimum absolute atomic E-state index is 0.0520. The van der Waals surface area contributed by atoms with Crippen LogP contribution in [0, 0.1) is 5.92 Å². The lowest BCUT2D eigenvalue weighted by Crippen LogP contribution is -2.38. The zero-order valence-electron chi connectivity index (χ0n) is 11.1. The molecule has 0 bridgehead atoms. The van der Waals surface area contributed by atoms with E-state index in [4.69, 9.17) is 10.2 Å². The number of furan rings is 1. The van der Waals surface area contributed by atoms with Gasteiger partial charge >= 0.3 is 6.03 Å². The number of hydrogen-bond donors (Lipinski definition) is 1. The average Bonchev–Trinajstić information content (AvgIpc) is 3.02. The van der Waals surface area contributed by atoms with Gasteiger partial charge in [-0.2, -0.15) is 0 Å². The van der Waals surface area contributed by atoms with Crippen molar-refractivity contribution < 1.29 is 27.6 Å². The molecule has 0 radical (unpaired) electrons. The van der Waals surface area contributed by atoms with E-state index in [1.54, 1.807) is 0 Å². The smallest absolute Gasteiger partial charge is 0.326 e. The fraction of sp³-hybridized carbons (Fsp3) is 0.214. The number of halogens is 2. The second-order valence-corrected chi connectivity index (χ2v) is 4.94. The van der Waals surface area contributed by atoms with Gasteiger partial charge in [-0.25, -0.2) is 18.5 Å². The number of likely N-dealkylation sites (tertiary alicyclic amines) is 1. The van der Waals surface area contributed by atoms with Crippen LogP contribution in [0.15, 0.2) is 46.2 Å². The third kappa shape index (κ3) is 2.03. The summed E-state index contributed by atoms with van der Waals surface area (Å²) in [5.41, 5.74) is 4.80. The summed E-state index contributed by atoms with van der Waals surface area (Å²) in [6.07, 6.45) is 2.16. The van der Waals surface area contributed by atoms with E-state index in [0.717, 1.165) is 6.08 Å². The first kappa shape index (κ1) is 14.2. The largest absolute Gasteiger partial charge is 0.461 e. The first-order chi connectivity index (χ1) is 10.3. The molecule has 0 spiro atoms. The van der Waals surface area contributed by atoms with Gasteiger partial charge in [0.1, 0.15) is 5.92 Å². The van der Waals surface area contributed by atoms with Crippen molar-refractivity contribution >= 4 is 17.7 Å². The maximum Gasteiger partial charge on any atom is 0.326 e. The van der Waals surface area contributed by atoms with Crippen molar-refractivity contribution in [3.63, 3.8) is 0 Å². The Labute approximate surface area is 122 Å². The first-order valence-electron chi connectivity index (χ1n) is 6.34. The molecule has 1 saturated heterocycles. The monoisotopic (exact) mass is 308 g/mol. The topological polar surface area (TPSA) is 93.6 Å². The fourth-order valence-corrected chi connectivity index (χ4v) is 2.57. The SMILES string of the molecule is NC(=O)N1C(=O)C(C(=O)c2ccco2)C2=CCC(F)(F)C=C21. The lowest BCUT2D eigenvalue weighted by atomic mass is 9.90. The normalized spacial score (nSPS) is 22.9. The van der Waals surface area contributed by atoms with Crippen LogP contribution < -0.4 is 5.73 Å². The molecule has 1 atom stereocenters. The molecular weight excluding hydrogens is 298 g/mol. The molecule has 2 aliphatic rings. The van der Waals surface area contributed by atoms with Crippen molar-refractivity contribution in [2.45, 2.75) is 12.3 Å². The van der Waals surface area contributed by atoms with E-state index in [-0.39, 0.29) is 17.0 Å². The van der Waals surface area contributed by atoms with Crippen LogP contribution in [0.5, 0.6) is 0 Å². The predicted molar refractivity (Wildman–Crippen MR) is 68.7 cm³/mol. The molecule has 1 aliphatic heterocycles. The molecule has 0 aromatic carbocycles. The number of alkyl halides is 2. The van der Waals surface area contributed by atoms with Crippen LogP contribution in [0.3, 0.4) is 0 Å².